The van der Waals surface area contributed by atoms with Gasteiger partial charge in [0.1, 0.15) is 6.54 Å². The van der Waals surface area contributed by atoms with Crippen LogP contribution in [0.25, 0.3) is 10.9 Å². The van der Waals surface area contributed by atoms with Crippen molar-refractivity contribution in [3.63, 3.8) is 0 Å². The Labute approximate surface area is 190 Å². The molecule has 9 nitrogen and oxygen atoms in total. The number of amides is 1. The molecule has 0 bridgehead atoms. The second-order valence-electron chi connectivity index (χ2n) is 8.06. The van der Waals surface area contributed by atoms with Gasteiger partial charge in [-0.2, -0.15) is 0 Å². The largest absolute Gasteiger partial charge is 0.493 e. The van der Waals surface area contributed by atoms with Gasteiger partial charge in [-0.1, -0.05) is 17.7 Å². The van der Waals surface area contributed by atoms with E-state index in [1.165, 1.54) is 24.9 Å². The van der Waals surface area contributed by atoms with Crippen molar-refractivity contribution in [2.75, 3.05) is 26.1 Å². The van der Waals surface area contributed by atoms with Crippen LogP contribution in [0, 0.1) is 6.92 Å². The lowest BCUT2D eigenvalue weighted by Gasteiger charge is -2.18. The Morgan fingerprint density at radius 2 is 1.79 bits per heavy atom. The number of fused-ring (bicyclic) bond motifs is 1. The molecular weight excluding hydrogens is 426 g/mol. The highest BCUT2D eigenvalue weighted by Gasteiger charge is 2.22. The zero-order valence-corrected chi connectivity index (χ0v) is 18.9. The molecule has 1 aromatic heterocycles. The zero-order valence-electron chi connectivity index (χ0n) is 18.9. The number of aryl methyl sites for hydroxylation is 1. The molecule has 1 saturated heterocycles. The molecule has 1 fully saturated rings. The van der Waals surface area contributed by atoms with Crippen molar-refractivity contribution < 1.29 is 19.0 Å². The van der Waals surface area contributed by atoms with E-state index in [1.54, 1.807) is 18.2 Å². The maximum atomic E-state index is 13.4. The summed E-state index contributed by atoms with van der Waals surface area (Å²) >= 11 is 0. The molecule has 0 unspecified atom stereocenters. The highest BCUT2D eigenvalue weighted by molar-refractivity contribution is 5.92. The fraction of sp³-hybridized carbons (Fsp3) is 0.375. The Morgan fingerprint density at radius 3 is 2.42 bits per heavy atom. The standard InChI is InChI=1S/C24H27N3O6/c1-15-6-8-16(9-7-15)25-22(28)14-26-19-12-21(32-3)20(31-2)11-18(19)23(29)27(24(26)30)13-17-5-4-10-33-17/h6-9,11-12,17H,4-5,10,13-14H2,1-3H3,(H,25,28)/t17-/m0/s1. The minimum atomic E-state index is -0.575. The second-order valence-corrected chi connectivity index (χ2v) is 8.06. The Balaban J connectivity index is 1.80. The molecule has 1 atom stereocenters. The molecule has 33 heavy (non-hydrogen) atoms. The number of benzene rings is 2. The SMILES string of the molecule is COc1cc2c(=O)n(C[C@@H]3CCCO3)c(=O)n(CC(=O)Nc3ccc(C)cc3)c2cc1OC. The molecule has 1 amide bonds. The van der Waals surface area contributed by atoms with Crippen LogP contribution in [-0.4, -0.2) is 42.0 Å². The lowest BCUT2D eigenvalue weighted by Crippen LogP contribution is -2.43. The predicted molar refractivity (Wildman–Crippen MR) is 124 cm³/mol. The Hall–Kier alpha value is -3.59. The summed E-state index contributed by atoms with van der Waals surface area (Å²) in [6, 6.07) is 10.4. The van der Waals surface area contributed by atoms with Gasteiger partial charge >= 0.3 is 5.69 Å². The van der Waals surface area contributed by atoms with Gasteiger partial charge in [0.05, 0.1) is 37.8 Å². The topological polar surface area (TPSA) is 101 Å². The van der Waals surface area contributed by atoms with Gasteiger partial charge in [-0.15, -0.1) is 0 Å². The van der Waals surface area contributed by atoms with Gasteiger partial charge < -0.3 is 19.5 Å². The molecule has 174 valence electrons. The molecule has 3 aromatic rings. The summed E-state index contributed by atoms with van der Waals surface area (Å²) in [5.74, 6) is 0.327. The second kappa shape index (κ2) is 9.50. The van der Waals surface area contributed by atoms with Crippen molar-refractivity contribution in [3.05, 3.63) is 62.8 Å². The molecule has 9 heteroatoms. The van der Waals surface area contributed by atoms with Gasteiger partial charge in [0, 0.05) is 18.4 Å². The first kappa shape index (κ1) is 22.6. The molecule has 0 saturated carbocycles. The molecule has 2 aromatic carbocycles. The average Bonchev–Trinajstić information content (AvgIpc) is 3.33. The lowest BCUT2D eigenvalue weighted by atomic mass is 10.2. The first-order chi connectivity index (χ1) is 15.9. The molecule has 1 aliphatic rings. The third-order valence-corrected chi connectivity index (χ3v) is 5.78. The summed E-state index contributed by atoms with van der Waals surface area (Å²) in [5.41, 5.74) is 0.952. The summed E-state index contributed by atoms with van der Waals surface area (Å²) in [4.78, 5) is 39.5. The number of hydrogen-bond acceptors (Lipinski definition) is 6. The number of methoxy groups -OCH3 is 2. The third-order valence-electron chi connectivity index (χ3n) is 5.78. The summed E-state index contributed by atoms with van der Waals surface area (Å²) in [5, 5.41) is 3.06. The quantitative estimate of drug-likeness (QED) is 0.589. The van der Waals surface area contributed by atoms with Crippen LogP contribution in [-0.2, 0) is 22.6 Å². The number of anilines is 1. The predicted octanol–water partition coefficient (Wildman–Crippen LogP) is 2.31. The van der Waals surface area contributed by atoms with Crippen LogP contribution >= 0.6 is 0 Å². The molecule has 0 radical (unpaired) electrons. The van der Waals surface area contributed by atoms with Crippen LogP contribution in [0.4, 0.5) is 5.69 Å². The van der Waals surface area contributed by atoms with E-state index in [4.69, 9.17) is 14.2 Å². The molecule has 0 aliphatic carbocycles. The van der Waals surface area contributed by atoms with E-state index < -0.39 is 11.2 Å². The number of carbonyl (C=O) groups is 1. The van der Waals surface area contributed by atoms with Crippen molar-refractivity contribution in [1.82, 2.24) is 9.13 Å². The molecule has 0 spiro atoms. The fourth-order valence-electron chi connectivity index (χ4n) is 4.03. The summed E-state index contributed by atoms with van der Waals surface area (Å²) in [6.45, 7) is 2.41. The monoisotopic (exact) mass is 453 g/mol. The molecule has 4 rings (SSSR count). The maximum Gasteiger partial charge on any atom is 0.332 e. The van der Waals surface area contributed by atoms with E-state index in [0.29, 0.717) is 29.3 Å². The molecule has 1 aliphatic heterocycles. The summed E-state index contributed by atoms with van der Waals surface area (Å²) < 4.78 is 18.8. The minimum absolute atomic E-state index is 0.127. The normalized spacial score (nSPS) is 15.5. The van der Waals surface area contributed by atoms with E-state index >= 15 is 0 Å². The summed E-state index contributed by atoms with van der Waals surface area (Å²) in [7, 11) is 2.94. The lowest BCUT2D eigenvalue weighted by molar-refractivity contribution is -0.116. The number of ether oxygens (including phenoxy) is 3. The van der Waals surface area contributed by atoms with E-state index in [2.05, 4.69) is 5.32 Å². The fourth-order valence-corrected chi connectivity index (χ4v) is 4.03. The van der Waals surface area contributed by atoms with Crippen molar-refractivity contribution in [3.8, 4) is 11.5 Å². The zero-order chi connectivity index (χ0) is 23.5. The Kier molecular flexibility index (Phi) is 6.50. The first-order valence-electron chi connectivity index (χ1n) is 10.8. The Bertz CT molecular complexity index is 1290. The van der Waals surface area contributed by atoms with Crippen molar-refractivity contribution in [2.24, 2.45) is 0 Å². The van der Waals surface area contributed by atoms with Gasteiger partial charge in [-0.05, 0) is 38.0 Å². The van der Waals surface area contributed by atoms with Crippen LogP contribution in [0.1, 0.15) is 18.4 Å². The molecule has 1 N–H and O–H groups in total. The number of aromatic nitrogens is 2. The van der Waals surface area contributed by atoms with Crippen molar-refractivity contribution in [2.45, 2.75) is 39.0 Å². The number of nitrogens with zero attached hydrogens (tertiary/aromatic N) is 2. The third kappa shape index (κ3) is 4.63. The summed E-state index contributed by atoms with van der Waals surface area (Å²) in [6.07, 6.45) is 1.43. The van der Waals surface area contributed by atoms with Crippen LogP contribution in [0.5, 0.6) is 11.5 Å². The highest BCUT2D eigenvalue weighted by atomic mass is 16.5. The van der Waals surface area contributed by atoms with Crippen LogP contribution in [0.2, 0.25) is 0 Å². The van der Waals surface area contributed by atoms with E-state index in [-0.39, 0.29) is 30.5 Å². The highest BCUT2D eigenvalue weighted by Crippen LogP contribution is 2.30. The number of hydrogen-bond donors (Lipinski definition) is 1. The van der Waals surface area contributed by atoms with Crippen molar-refractivity contribution in [1.29, 1.82) is 0 Å². The molecule has 2 heterocycles. The minimum Gasteiger partial charge on any atom is -0.493 e. The van der Waals surface area contributed by atoms with E-state index in [9.17, 15) is 14.4 Å². The maximum absolute atomic E-state index is 13.4. The molecular formula is C24H27N3O6. The van der Waals surface area contributed by atoms with Gasteiger partial charge in [0.2, 0.25) is 5.91 Å². The van der Waals surface area contributed by atoms with Crippen LogP contribution in [0.15, 0.2) is 46.0 Å². The smallest absolute Gasteiger partial charge is 0.332 e. The number of nitrogens with one attached hydrogen (secondary N) is 1. The van der Waals surface area contributed by atoms with Crippen LogP contribution < -0.4 is 26.0 Å². The van der Waals surface area contributed by atoms with Gasteiger partial charge in [0.15, 0.2) is 11.5 Å². The number of rotatable bonds is 7. The Morgan fingerprint density at radius 1 is 1.09 bits per heavy atom. The average molecular weight is 453 g/mol. The first-order valence-corrected chi connectivity index (χ1v) is 10.8. The number of carbonyl (C=O) groups excluding carboxylic acids is 1. The van der Waals surface area contributed by atoms with Gasteiger partial charge in [0.25, 0.3) is 5.56 Å². The van der Waals surface area contributed by atoms with Crippen LogP contribution in [0.3, 0.4) is 0 Å². The van der Waals surface area contributed by atoms with Gasteiger partial charge in [-0.25, -0.2) is 4.79 Å². The van der Waals surface area contributed by atoms with E-state index in [1.807, 2.05) is 19.1 Å². The van der Waals surface area contributed by atoms with Gasteiger partial charge in [-0.3, -0.25) is 18.7 Å². The van der Waals surface area contributed by atoms with Crippen molar-refractivity contribution >= 4 is 22.5 Å². The van der Waals surface area contributed by atoms with E-state index in [0.717, 1.165) is 23.0 Å².